The van der Waals surface area contributed by atoms with E-state index in [2.05, 4.69) is 164 Å². The summed E-state index contributed by atoms with van der Waals surface area (Å²) in [6.07, 6.45) is 1.48. The van der Waals surface area contributed by atoms with E-state index in [0.29, 0.717) is 36.0 Å². The molecule has 344 valence electrons. The molecular formula is C70H46O3. The Labute approximate surface area is 421 Å². The summed E-state index contributed by atoms with van der Waals surface area (Å²) in [5.41, 5.74) is 7.41. The van der Waals surface area contributed by atoms with E-state index in [1.54, 1.807) is 0 Å². The van der Waals surface area contributed by atoms with Crippen molar-refractivity contribution in [1.29, 1.82) is 0 Å². The topological polar surface area (TPSA) is 60.7 Å². The van der Waals surface area contributed by atoms with Crippen LogP contribution in [0.25, 0.3) is 97.0 Å². The van der Waals surface area contributed by atoms with Gasteiger partial charge in [-0.3, -0.25) is 0 Å². The van der Waals surface area contributed by atoms with Crippen molar-refractivity contribution in [3.63, 3.8) is 0 Å². The third-order valence-corrected chi connectivity index (χ3v) is 16.1. The second-order valence-corrected chi connectivity index (χ2v) is 20.4. The SMILES string of the molecule is Oc1c(Cc2cc3ccc4cccc5ccc(c2)c3c45)cccc1C(c1cccc(Cc2cc3ccc4cccc5ccc(c2)c3c45)c1O)c1cccc(Cc2cc3ccc4cccc5ccc(c2)c3c45)c1O. The summed E-state index contributed by atoms with van der Waals surface area (Å²) in [6.45, 7) is 0. The molecule has 0 unspecified atom stereocenters. The Balaban J connectivity index is 0.853. The lowest BCUT2D eigenvalue weighted by Gasteiger charge is -2.25. The number of hydrogen-bond acceptors (Lipinski definition) is 3. The predicted molar refractivity (Wildman–Crippen MR) is 304 cm³/mol. The van der Waals surface area contributed by atoms with Gasteiger partial charge in [-0.15, -0.1) is 0 Å². The maximum atomic E-state index is 12.7. The normalized spacial score (nSPS) is 12.3. The number of phenols is 3. The van der Waals surface area contributed by atoms with Crippen molar-refractivity contribution in [2.75, 3.05) is 0 Å². The van der Waals surface area contributed by atoms with Crippen molar-refractivity contribution < 1.29 is 15.3 Å². The molecule has 0 bridgehead atoms. The largest absolute Gasteiger partial charge is 0.507 e. The van der Waals surface area contributed by atoms with Crippen molar-refractivity contribution in [2.45, 2.75) is 25.2 Å². The summed E-state index contributed by atoms with van der Waals surface area (Å²) in [7, 11) is 0. The van der Waals surface area contributed by atoms with Crippen LogP contribution < -0.4 is 0 Å². The minimum absolute atomic E-state index is 0.145. The van der Waals surface area contributed by atoms with Crippen LogP contribution in [-0.2, 0) is 19.3 Å². The smallest absolute Gasteiger partial charge is 0.123 e. The fourth-order valence-corrected chi connectivity index (χ4v) is 12.9. The first-order valence-corrected chi connectivity index (χ1v) is 25.3. The van der Waals surface area contributed by atoms with Crippen molar-refractivity contribution in [2.24, 2.45) is 0 Å². The van der Waals surface area contributed by atoms with E-state index >= 15 is 0 Å². The average Bonchev–Trinajstić information content (AvgIpc) is 3.42. The fraction of sp³-hybridized carbons (Fsp3) is 0.0571. The van der Waals surface area contributed by atoms with Gasteiger partial charge < -0.3 is 15.3 Å². The van der Waals surface area contributed by atoms with Gasteiger partial charge in [0.05, 0.1) is 0 Å². The Morgan fingerprint density at radius 3 is 0.685 bits per heavy atom. The zero-order valence-corrected chi connectivity index (χ0v) is 39.8. The molecule has 0 aliphatic heterocycles. The highest BCUT2D eigenvalue weighted by Crippen LogP contribution is 2.48. The Kier molecular flexibility index (Phi) is 9.07. The molecule has 15 rings (SSSR count). The quantitative estimate of drug-likeness (QED) is 0.0998. The van der Waals surface area contributed by atoms with Gasteiger partial charge in [-0.25, -0.2) is 0 Å². The standard InChI is InChI=1S/C70H46O3/c71-68-55(37-40-31-49-25-19-43-7-1-8-44-20-26-50(32-40)64(49)61(43)44)13-4-16-58(68)67(59-17-5-14-56(69(59)72)38-41-33-51-27-21-45-9-2-10-46-22-28-52(34-41)65(51)62(45)46)60-18-6-15-57(70(60)73)39-42-35-53-29-23-47-11-3-12-48-24-30-54(36-42)66(53)63(47)48/h1-36,67,71-73H,37-39H2. The lowest BCUT2D eigenvalue weighted by molar-refractivity contribution is 0.444. The molecule has 0 aromatic heterocycles. The molecule has 0 spiro atoms. The lowest BCUT2D eigenvalue weighted by atomic mass is 9.80. The highest BCUT2D eigenvalue weighted by atomic mass is 16.3. The Hall–Kier alpha value is -9.18. The van der Waals surface area contributed by atoms with Gasteiger partial charge in [-0.1, -0.05) is 218 Å². The van der Waals surface area contributed by atoms with Crippen LogP contribution in [0.4, 0.5) is 0 Å². The van der Waals surface area contributed by atoms with Crippen molar-refractivity contribution in [3.05, 3.63) is 268 Å². The average molecular weight is 935 g/mol. The molecule has 15 aromatic carbocycles. The first kappa shape index (κ1) is 41.6. The number of aromatic hydroxyl groups is 3. The van der Waals surface area contributed by atoms with Crippen LogP contribution in [0.2, 0.25) is 0 Å². The maximum absolute atomic E-state index is 12.7. The van der Waals surface area contributed by atoms with Crippen LogP contribution in [0, 0.1) is 0 Å². The zero-order chi connectivity index (χ0) is 48.5. The summed E-state index contributed by atoms with van der Waals surface area (Å²) in [4.78, 5) is 0. The van der Waals surface area contributed by atoms with E-state index in [1.165, 1.54) is 97.0 Å². The van der Waals surface area contributed by atoms with Crippen LogP contribution in [-0.4, -0.2) is 15.3 Å². The Morgan fingerprint density at radius 2 is 0.438 bits per heavy atom. The number of para-hydroxylation sites is 3. The molecule has 0 heterocycles. The van der Waals surface area contributed by atoms with Gasteiger partial charge in [0.2, 0.25) is 0 Å². The summed E-state index contributed by atoms with van der Waals surface area (Å²) in [6, 6.07) is 77.1. The second kappa shape index (κ2) is 15.9. The van der Waals surface area contributed by atoms with Crippen LogP contribution in [0.5, 0.6) is 17.2 Å². The molecule has 3 N–H and O–H groups in total. The van der Waals surface area contributed by atoms with Gasteiger partial charge >= 0.3 is 0 Å². The molecule has 0 radical (unpaired) electrons. The van der Waals surface area contributed by atoms with Crippen molar-refractivity contribution >= 4 is 97.0 Å². The van der Waals surface area contributed by atoms with Gasteiger partial charge in [0.15, 0.2) is 0 Å². The van der Waals surface area contributed by atoms with Crippen molar-refractivity contribution in [1.82, 2.24) is 0 Å². The van der Waals surface area contributed by atoms with E-state index in [4.69, 9.17) is 0 Å². The third kappa shape index (κ3) is 6.52. The minimum atomic E-state index is -0.721. The van der Waals surface area contributed by atoms with Crippen LogP contribution >= 0.6 is 0 Å². The van der Waals surface area contributed by atoms with Gasteiger partial charge in [0.25, 0.3) is 0 Å². The molecule has 15 aromatic rings. The highest BCUT2D eigenvalue weighted by Gasteiger charge is 2.29. The molecule has 0 atom stereocenters. The van der Waals surface area contributed by atoms with Gasteiger partial charge in [-0.05, 0) is 130 Å². The Morgan fingerprint density at radius 1 is 0.233 bits per heavy atom. The van der Waals surface area contributed by atoms with Gasteiger partial charge in [0.1, 0.15) is 17.2 Å². The summed E-state index contributed by atoms with van der Waals surface area (Å²) >= 11 is 0. The molecule has 0 fully saturated rings. The van der Waals surface area contributed by atoms with E-state index in [9.17, 15) is 15.3 Å². The number of rotatable bonds is 9. The lowest BCUT2D eigenvalue weighted by Crippen LogP contribution is -2.08. The Bertz CT molecular complexity index is 4030. The number of phenolic OH excluding ortho intramolecular Hbond substituents is 3. The number of hydrogen-bond donors (Lipinski definition) is 3. The summed E-state index contributed by atoms with van der Waals surface area (Å²) in [5.74, 6) is -0.287. The van der Waals surface area contributed by atoms with E-state index < -0.39 is 5.92 Å². The van der Waals surface area contributed by atoms with Gasteiger partial charge in [-0.2, -0.15) is 0 Å². The predicted octanol–water partition coefficient (Wildman–Crippen LogP) is 17.4. The zero-order valence-electron chi connectivity index (χ0n) is 39.8. The van der Waals surface area contributed by atoms with Crippen LogP contribution in [0.3, 0.4) is 0 Å². The minimum Gasteiger partial charge on any atom is -0.507 e. The summed E-state index contributed by atoms with van der Waals surface area (Å²) < 4.78 is 0. The maximum Gasteiger partial charge on any atom is 0.123 e. The van der Waals surface area contributed by atoms with E-state index in [1.807, 2.05) is 54.6 Å². The molecular weight excluding hydrogens is 889 g/mol. The first-order valence-electron chi connectivity index (χ1n) is 25.3. The number of benzene rings is 15. The van der Waals surface area contributed by atoms with E-state index in [0.717, 1.165) is 33.4 Å². The van der Waals surface area contributed by atoms with Gasteiger partial charge in [0, 0.05) is 41.9 Å². The molecule has 0 amide bonds. The molecule has 0 aliphatic rings. The fourth-order valence-electron chi connectivity index (χ4n) is 12.9. The third-order valence-electron chi connectivity index (χ3n) is 16.1. The molecule has 3 nitrogen and oxygen atoms in total. The van der Waals surface area contributed by atoms with Crippen LogP contribution in [0.1, 0.15) is 56.0 Å². The molecule has 0 saturated heterocycles. The molecule has 0 aliphatic carbocycles. The van der Waals surface area contributed by atoms with Crippen molar-refractivity contribution in [3.8, 4) is 17.2 Å². The van der Waals surface area contributed by atoms with E-state index in [-0.39, 0.29) is 17.2 Å². The van der Waals surface area contributed by atoms with Crippen LogP contribution in [0.15, 0.2) is 218 Å². The highest BCUT2D eigenvalue weighted by molar-refractivity contribution is 6.25. The summed E-state index contributed by atoms with van der Waals surface area (Å²) in [5, 5.41) is 60.1. The first-order chi connectivity index (χ1) is 35.9. The molecule has 73 heavy (non-hydrogen) atoms. The monoisotopic (exact) mass is 934 g/mol. The molecule has 3 heteroatoms. The molecule has 0 saturated carbocycles. The second-order valence-electron chi connectivity index (χ2n) is 20.4.